The van der Waals surface area contributed by atoms with Crippen molar-refractivity contribution in [3.8, 4) is 0 Å². The normalized spacial score (nSPS) is 13.1. The van der Waals surface area contributed by atoms with Crippen LogP contribution in [0.1, 0.15) is 41.0 Å². The van der Waals surface area contributed by atoms with Gasteiger partial charge in [-0.15, -0.1) is 0 Å². The maximum Gasteiger partial charge on any atom is 0.338 e. The van der Waals surface area contributed by atoms with Gasteiger partial charge in [0, 0.05) is 23.5 Å². The average molecular weight is 532 g/mol. The summed E-state index contributed by atoms with van der Waals surface area (Å²) >= 11 is 6.27. The number of esters is 1. The van der Waals surface area contributed by atoms with Crippen molar-refractivity contribution >= 4 is 52.4 Å². The van der Waals surface area contributed by atoms with Gasteiger partial charge in [-0.3, -0.25) is 14.4 Å². The van der Waals surface area contributed by atoms with Gasteiger partial charge < -0.3 is 15.0 Å². The Kier molecular flexibility index (Phi) is 8.23. The standard InChI is InChI=1S/C29H26ClN3O5/c1-3-17-38-29(37)19-13-15-23(16-14-19)33-27(35)24(30)25(28(33)36)31-21-10-8-9-20(18-21)26(34)32(4-2)22-11-6-5-7-12-22/h5-16,18,31H,3-4,17H2,1-2H3. The number of rotatable bonds is 9. The van der Waals surface area contributed by atoms with Gasteiger partial charge >= 0.3 is 5.97 Å². The second-order valence-corrected chi connectivity index (χ2v) is 8.79. The van der Waals surface area contributed by atoms with Crippen LogP contribution < -0.4 is 15.1 Å². The zero-order valence-electron chi connectivity index (χ0n) is 20.9. The number of nitrogens with zero attached hydrogens (tertiary/aromatic N) is 2. The van der Waals surface area contributed by atoms with E-state index in [0.29, 0.717) is 36.4 Å². The lowest BCUT2D eigenvalue weighted by Gasteiger charge is -2.21. The highest BCUT2D eigenvalue weighted by atomic mass is 35.5. The number of hydrogen-bond donors (Lipinski definition) is 1. The highest BCUT2D eigenvalue weighted by molar-refractivity contribution is 6.53. The summed E-state index contributed by atoms with van der Waals surface area (Å²) in [4.78, 5) is 53.9. The van der Waals surface area contributed by atoms with Crippen molar-refractivity contribution < 1.29 is 23.9 Å². The second kappa shape index (κ2) is 11.7. The summed E-state index contributed by atoms with van der Waals surface area (Å²) in [6.07, 6.45) is 0.696. The fourth-order valence-electron chi connectivity index (χ4n) is 3.95. The van der Waals surface area contributed by atoms with E-state index in [2.05, 4.69) is 5.32 Å². The molecule has 0 saturated heterocycles. The molecule has 38 heavy (non-hydrogen) atoms. The molecule has 3 aromatic carbocycles. The summed E-state index contributed by atoms with van der Waals surface area (Å²) in [7, 11) is 0. The van der Waals surface area contributed by atoms with Crippen LogP contribution in [0.2, 0.25) is 0 Å². The summed E-state index contributed by atoms with van der Waals surface area (Å²) in [6, 6.07) is 21.8. The number of nitrogens with one attached hydrogen (secondary N) is 1. The van der Waals surface area contributed by atoms with Crippen LogP contribution in [0.4, 0.5) is 17.1 Å². The van der Waals surface area contributed by atoms with Gasteiger partial charge in [0.2, 0.25) is 0 Å². The van der Waals surface area contributed by atoms with Crippen molar-refractivity contribution in [1.82, 2.24) is 0 Å². The third kappa shape index (κ3) is 5.45. The van der Waals surface area contributed by atoms with Crippen LogP contribution in [0.5, 0.6) is 0 Å². The van der Waals surface area contributed by atoms with E-state index in [1.807, 2.05) is 44.2 Å². The number of hydrogen-bond acceptors (Lipinski definition) is 6. The van der Waals surface area contributed by atoms with Crippen molar-refractivity contribution in [2.75, 3.05) is 28.3 Å². The number of halogens is 1. The molecule has 3 aromatic rings. The molecule has 0 unspecified atom stereocenters. The molecule has 0 spiro atoms. The topological polar surface area (TPSA) is 96.0 Å². The van der Waals surface area contributed by atoms with E-state index >= 15 is 0 Å². The Morgan fingerprint density at radius 1 is 0.895 bits per heavy atom. The van der Waals surface area contributed by atoms with Gasteiger partial charge in [-0.05, 0) is 67.9 Å². The number of anilines is 3. The minimum absolute atomic E-state index is 0.108. The first kappa shape index (κ1) is 26.6. The molecule has 0 saturated carbocycles. The van der Waals surface area contributed by atoms with Crippen LogP contribution in [0.25, 0.3) is 0 Å². The Bertz CT molecular complexity index is 1400. The van der Waals surface area contributed by atoms with Crippen molar-refractivity contribution in [1.29, 1.82) is 0 Å². The van der Waals surface area contributed by atoms with Gasteiger partial charge in [0.05, 0.1) is 17.9 Å². The molecular formula is C29H26ClN3O5. The molecule has 1 aliphatic rings. The molecule has 1 heterocycles. The van der Waals surface area contributed by atoms with Gasteiger partial charge in [0.25, 0.3) is 17.7 Å². The summed E-state index contributed by atoms with van der Waals surface area (Å²) < 4.78 is 5.11. The van der Waals surface area contributed by atoms with Crippen LogP contribution in [0.3, 0.4) is 0 Å². The van der Waals surface area contributed by atoms with Crippen LogP contribution in [-0.4, -0.2) is 36.8 Å². The molecule has 4 rings (SSSR count). The lowest BCUT2D eigenvalue weighted by atomic mass is 10.1. The number of para-hydroxylation sites is 1. The lowest BCUT2D eigenvalue weighted by Crippen LogP contribution is -2.32. The molecule has 0 atom stereocenters. The Hall–Kier alpha value is -4.43. The molecule has 3 amide bonds. The third-order valence-corrected chi connectivity index (χ3v) is 6.18. The number of imide groups is 1. The Morgan fingerprint density at radius 2 is 1.61 bits per heavy atom. The molecular weight excluding hydrogens is 506 g/mol. The predicted molar refractivity (Wildman–Crippen MR) is 146 cm³/mol. The number of amides is 3. The van der Waals surface area contributed by atoms with Gasteiger partial charge in [0.1, 0.15) is 10.7 Å². The molecule has 194 valence electrons. The number of benzene rings is 3. The summed E-state index contributed by atoms with van der Waals surface area (Å²) in [6.45, 7) is 4.54. The quantitative estimate of drug-likeness (QED) is 0.295. The molecule has 0 bridgehead atoms. The SMILES string of the molecule is CCCOC(=O)c1ccc(N2C(=O)C(Cl)=C(Nc3cccc(C(=O)N(CC)c4ccccc4)c3)C2=O)cc1. The molecule has 1 aliphatic heterocycles. The zero-order valence-corrected chi connectivity index (χ0v) is 21.7. The Labute approximate surface area is 225 Å². The van der Waals surface area contributed by atoms with Crippen LogP contribution >= 0.6 is 11.6 Å². The summed E-state index contributed by atoms with van der Waals surface area (Å²) in [5, 5.41) is 2.63. The van der Waals surface area contributed by atoms with E-state index < -0.39 is 17.8 Å². The van der Waals surface area contributed by atoms with Crippen LogP contribution in [-0.2, 0) is 14.3 Å². The van der Waals surface area contributed by atoms with Crippen molar-refractivity contribution in [2.24, 2.45) is 0 Å². The van der Waals surface area contributed by atoms with Crippen molar-refractivity contribution in [3.05, 3.63) is 101 Å². The largest absolute Gasteiger partial charge is 0.462 e. The Morgan fingerprint density at radius 3 is 2.26 bits per heavy atom. The smallest absolute Gasteiger partial charge is 0.338 e. The van der Waals surface area contributed by atoms with Crippen LogP contribution in [0, 0.1) is 0 Å². The zero-order chi connectivity index (χ0) is 27.2. The monoisotopic (exact) mass is 531 g/mol. The van der Waals surface area contributed by atoms with Gasteiger partial charge in [-0.2, -0.15) is 0 Å². The number of carbonyl (C=O) groups is 4. The first-order chi connectivity index (χ1) is 18.3. The molecule has 9 heteroatoms. The predicted octanol–water partition coefficient (Wildman–Crippen LogP) is 5.36. The van der Waals surface area contributed by atoms with Gasteiger partial charge in [-0.1, -0.05) is 42.8 Å². The number of ether oxygens (including phenoxy) is 1. The number of carbonyl (C=O) groups excluding carboxylic acids is 4. The molecule has 1 N–H and O–H groups in total. The first-order valence-electron chi connectivity index (χ1n) is 12.2. The maximum atomic E-state index is 13.2. The highest BCUT2D eigenvalue weighted by Crippen LogP contribution is 2.31. The summed E-state index contributed by atoms with van der Waals surface area (Å²) in [5.41, 5.74) is 2.04. The van der Waals surface area contributed by atoms with Gasteiger partial charge in [-0.25, -0.2) is 9.69 Å². The van der Waals surface area contributed by atoms with E-state index in [-0.39, 0.29) is 22.3 Å². The van der Waals surface area contributed by atoms with Crippen molar-refractivity contribution in [2.45, 2.75) is 20.3 Å². The fraction of sp³-hybridized carbons (Fsp3) is 0.172. The third-order valence-electron chi connectivity index (χ3n) is 5.83. The van der Waals surface area contributed by atoms with E-state index in [1.165, 1.54) is 24.3 Å². The summed E-state index contributed by atoms with van der Waals surface area (Å²) in [5.74, 6) is -2.05. The van der Waals surface area contributed by atoms with E-state index in [1.54, 1.807) is 29.2 Å². The van der Waals surface area contributed by atoms with Crippen LogP contribution in [0.15, 0.2) is 89.6 Å². The van der Waals surface area contributed by atoms with Gasteiger partial charge in [0.15, 0.2) is 0 Å². The second-order valence-electron chi connectivity index (χ2n) is 8.41. The highest BCUT2D eigenvalue weighted by Gasteiger charge is 2.39. The molecule has 0 fully saturated rings. The molecule has 0 radical (unpaired) electrons. The van der Waals surface area contributed by atoms with E-state index in [4.69, 9.17) is 16.3 Å². The molecule has 8 nitrogen and oxygen atoms in total. The van der Waals surface area contributed by atoms with Crippen molar-refractivity contribution in [3.63, 3.8) is 0 Å². The first-order valence-corrected chi connectivity index (χ1v) is 12.5. The van der Waals surface area contributed by atoms with E-state index in [9.17, 15) is 19.2 Å². The average Bonchev–Trinajstić information content (AvgIpc) is 3.15. The minimum atomic E-state index is -0.700. The minimum Gasteiger partial charge on any atom is -0.462 e. The lowest BCUT2D eigenvalue weighted by molar-refractivity contribution is -0.120. The maximum absolute atomic E-state index is 13.2. The fourth-order valence-corrected chi connectivity index (χ4v) is 4.16. The van der Waals surface area contributed by atoms with E-state index in [0.717, 1.165) is 10.6 Å². The molecule has 0 aliphatic carbocycles. The Balaban J connectivity index is 1.52. The molecule has 0 aromatic heterocycles.